The lowest BCUT2D eigenvalue weighted by atomic mass is 9.92. The highest BCUT2D eigenvalue weighted by molar-refractivity contribution is 8.00. The summed E-state index contributed by atoms with van der Waals surface area (Å²) in [5.74, 6) is 0.352. The molecule has 0 spiro atoms. The zero-order chi connectivity index (χ0) is 30.8. The Bertz CT molecular complexity index is 1050. The molecule has 8 atom stereocenters. The normalized spacial score (nSPS) is 31.5. The third-order valence-electron chi connectivity index (χ3n) is 8.79. The Kier molecular flexibility index (Phi) is 10.5. The van der Waals surface area contributed by atoms with Gasteiger partial charge in [-0.05, 0) is 57.8 Å². The molecule has 4 aliphatic heterocycles. The van der Waals surface area contributed by atoms with Gasteiger partial charge in [0.1, 0.15) is 17.7 Å². The van der Waals surface area contributed by atoms with Gasteiger partial charge in [-0.2, -0.15) is 11.8 Å². The van der Waals surface area contributed by atoms with Crippen LogP contribution in [0.25, 0.3) is 0 Å². The first-order chi connectivity index (χ1) is 19.8. The molecule has 4 fully saturated rings. The van der Waals surface area contributed by atoms with E-state index in [1.807, 2.05) is 46.4 Å². The second-order valence-electron chi connectivity index (χ2n) is 13.5. The predicted molar refractivity (Wildman–Crippen MR) is 161 cm³/mol. The van der Waals surface area contributed by atoms with Crippen LogP contribution < -0.4 is 21.3 Å². The second-order valence-corrected chi connectivity index (χ2v) is 14.8. The van der Waals surface area contributed by atoms with Crippen LogP contribution in [0.3, 0.4) is 0 Å². The molecule has 0 aromatic carbocycles. The van der Waals surface area contributed by atoms with Crippen molar-refractivity contribution in [3.8, 4) is 0 Å². The largest absolute Gasteiger partial charge is 0.361 e. The second kappa shape index (κ2) is 13.5. The lowest BCUT2D eigenvalue weighted by Gasteiger charge is -2.33. The summed E-state index contributed by atoms with van der Waals surface area (Å²) in [5, 5.41) is 12.2. The fourth-order valence-electron chi connectivity index (χ4n) is 6.46. The molecule has 4 N–H and O–H groups in total. The maximum absolute atomic E-state index is 13.7. The van der Waals surface area contributed by atoms with Crippen LogP contribution >= 0.6 is 11.8 Å². The first-order valence-electron chi connectivity index (χ1n) is 15.6. The maximum atomic E-state index is 13.7. The van der Waals surface area contributed by atoms with Crippen molar-refractivity contribution in [1.82, 2.24) is 26.2 Å². The number of thioether (sulfide) groups is 1. The molecule has 5 amide bonds. The Morgan fingerprint density at radius 1 is 1.10 bits per heavy atom. The number of ether oxygens (including phenoxy) is 1. The summed E-state index contributed by atoms with van der Waals surface area (Å²) in [6.07, 6.45) is 4.19. The van der Waals surface area contributed by atoms with E-state index in [-0.39, 0.29) is 59.5 Å². The van der Waals surface area contributed by atoms with E-state index in [1.165, 1.54) is 0 Å². The number of hydrogen-bond donors (Lipinski definition) is 4. The smallest absolute Gasteiger partial charge is 0.315 e. The van der Waals surface area contributed by atoms with Crippen LogP contribution in [0.1, 0.15) is 86.5 Å². The van der Waals surface area contributed by atoms with E-state index in [0.29, 0.717) is 44.0 Å². The third kappa shape index (κ3) is 7.78. The zero-order valence-electron chi connectivity index (χ0n) is 25.9. The van der Waals surface area contributed by atoms with E-state index < -0.39 is 23.7 Å². The Hall–Kier alpha value is -2.34. The quantitative estimate of drug-likeness (QED) is 0.127. The number of urea groups is 1. The summed E-state index contributed by atoms with van der Waals surface area (Å²) in [4.78, 5) is 66.4. The van der Waals surface area contributed by atoms with Crippen LogP contribution in [0, 0.1) is 11.8 Å². The van der Waals surface area contributed by atoms with Crippen molar-refractivity contribution >= 4 is 41.3 Å². The van der Waals surface area contributed by atoms with Crippen molar-refractivity contribution in [3.05, 3.63) is 0 Å². The van der Waals surface area contributed by atoms with Crippen molar-refractivity contribution in [2.75, 3.05) is 12.4 Å². The lowest BCUT2D eigenvalue weighted by molar-refractivity contribution is -0.142. The molecule has 12 heteroatoms. The van der Waals surface area contributed by atoms with Gasteiger partial charge >= 0.3 is 6.03 Å². The number of Topliss-reactive ketones (excluding diaryl/α,β-unsaturated/α-hetero) is 1. The first kappa shape index (κ1) is 32.6. The summed E-state index contributed by atoms with van der Waals surface area (Å²) < 4.78 is 5.37. The molecule has 3 unspecified atom stereocenters. The molecule has 4 aliphatic rings. The molecule has 0 aromatic rings. The van der Waals surface area contributed by atoms with Gasteiger partial charge in [0.05, 0.1) is 24.7 Å². The number of amides is 5. The number of nitrogens with one attached hydrogen (secondary N) is 4. The highest BCUT2D eigenvalue weighted by Crippen LogP contribution is 2.33. The van der Waals surface area contributed by atoms with Crippen molar-refractivity contribution in [2.45, 2.75) is 134 Å². The number of unbranched alkanes of at least 4 members (excludes halogenated alkanes) is 1. The number of likely N-dealkylation sites (tertiary alicyclic amines) is 1. The number of epoxide rings is 1. The van der Waals surface area contributed by atoms with Crippen molar-refractivity contribution in [2.24, 2.45) is 11.8 Å². The zero-order valence-corrected chi connectivity index (χ0v) is 26.7. The summed E-state index contributed by atoms with van der Waals surface area (Å²) in [6.45, 7) is 12.0. The molecule has 0 radical (unpaired) electrons. The Morgan fingerprint density at radius 3 is 2.43 bits per heavy atom. The topological polar surface area (TPSA) is 149 Å². The van der Waals surface area contributed by atoms with Gasteiger partial charge in [0.2, 0.25) is 17.7 Å². The molecule has 4 saturated heterocycles. The highest BCUT2D eigenvalue weighted by atomic mass is 32.2. The molecule has 0 aliphatic carbocycles. The highest BCUT2D eigenvalue weighted by Gasteiger charge is 2.51. The monoisotopic (exact) mass is 607 g/mol. The summed E-state index contributed by atoms with van der Waals surface area (Å²) in [7, 11) is 0. The molecule has 0 saturated carbocycles. The van der Waals surface area contributed by atoms with E-state index in [0.717, 1.165) is 18.6 Å². The average Bonchev–Trinajstić information content (AvgIpc) is 3.25. The van der Waals surface area contributed by atoms with Crippen LogP contribution in [0.2, 0.25) is 0 Å². The Balaban J connectivity index is 1.30. The van der Waals surface area contributed by atoms with Crippen molar-refractivity contribution in [3.63, 3.8) is 0 Å². The Morgan fingerprint density at radius 2 is 1.79 bits per heavy atom. The van der Waals surface area contributed by atoms with Crippen LogP contribution in [0.15, 0.2) is 0 Å². The van der Waals surface area contributed by atoms with Crippen LogP contribution in [-0.2, 0) is 23.9 Å². The third-order valence-corrected chi connectivity index (χ3v) is 10.3. The van der Waals surface area contributed by atoms with Crippen molar-refractivity contribution in [1.29, 1.82) is 0 Å². The van der Waals surface area contributed by atoms with E-state index in [1.54, 1.807) is 11.8 Å². The van der Waals surface area contributed by atoms with Crippen LogP contribution in [0.5, 0.6) is 0 Å². The van der Waals surface area contributed by atoms with Gasteiger partial charge in [-0.1, -0.05) is 34.1 Å². The molecule has 0 bridgehead atoms. The molecule has 4 rings (SSSR count). The minimum atomic E-state index is -0.853. The fourth-order valence-corrected chi connectivity index (χ4v) is 8.00. The minimum absolute atomic E-state index is 0.0987. The molecule has 4 heterocycles. The van der Waals surface area contributed by atoms with E-state index in [2.05, 4.69) is 21.3 Å². The van der Waals surface area contributed by atoms with Gasteiger partial charge in [-0.15, -0.1) is 0 Å². The number of nitrogens with zero attached hydrogens (tertiary/aromatic N) is 1. The van der Waals surface area contributed by atoms with Crippen molar-refractivity contribution < 1.29 is 28.7 Å². The van der Waals surface area contributed by atoms with Gasteiger partial charge in [0.25, 0.3) is 0 Å². The number of fused-ring (bicyclic) bond motifs is 1. The first-order valence-corrected chi connectivity index (χ1v) is 16.6. The van der Waals surface area contributed by atoms with Gasteiger partial charge in [0.15, 0.2) is 5.78 Å². The summed E-state index contributed by atoms with van der Waals surface area (Å²) >= 11 is 1.86. The number of ketones is 1. The fraction of sp³-hybridized carbons (Fsp3) is 0.833. The Labute approximate surface area is 253 Å². The number of rotatable bonds is 15. The standard InChI is InChI=1S/C30H49N5O6S/c1-16(2)11-19(26(37)30(6)15-41-30)32-27(38)22(12-17(3)4)35-18(5)13-20(28(35)39)31-24(36)10-8-7-9-23-25-21(14-42-23)33-29(40)34-25/h16-23,25H,7-15H2,1-6H3,(H,31,36)(H,32,38)(H2,33,34,40)/t18?,19-,20-,21?,22-,23-,25?,30+/m0/s1. The molecular weight excluding hydrogens is 558 g/mol. The van der Waals surface area contributed by atoms with Gasteiger partial charge in [-0.3, -0.25) is 19.2 Å². The molecule has 11 nitrogen and oxygen atoms in total. The average molecular weight is 608 g/mol. The van der Waals surface area contributed by atoms with Gasteiger partial charge in [0, 0.05) is 23.5 Å². The number of hydrogen-bond acceptors (Lipinski definition) is 7. The molecule has 42 heavy (non-hydrogen) atoms. The molecule has 236 valence electrons. The number of carbonyl (C=O) groups excluding carboxylic acids is 5. The van der Waals surface area contributed by atoms with Gasteiger partial charge in [-0.25, -0.2) is 4.79 Å². The predicted octanol–water partition coefficient (Wildman–Crippen LogP) is 2.12. The van der Waals surface area contributed by atoms with E-state index in [9.17, 15) is 24.0 Å². The van der Waals surface area contributed by atoms with E-state index in [4.69, 9.17) is 4.74 Å². The SMILES string of the molecule is CC(C)C[C@H](NC(=O)[C@H](CC(C)C)N1C(=O)[C@@H](NC(=O)CCCC[C@@H]2SCC3NC(=O)NC32)CC1C)C(=O)[C@@]1(C)CO1. The van der Waals surface area contributed by atoms with Crippen LogP contribution in [-0.4, -0.2) is 93.9 Å². The van der Waals surface area contributed by atoms with E-state index >= 15 is 0 Å². The summed E-state index contributed by atoms with van der Waals surface area (Å²) in [6, 6.07) is -2.08. The van der Waals surface area contributed by atoms with Gasteiger partial charge < -0.3 is 30.9 Å². The summed E-state index contributed by atoms with van der Waals surface area (Å²) in [5.41, 5.74) is -0.853. The number of carbonyl (C=O) groups is 5. The minimum Gasteiger partial charge on any atom is -0.361 e. The maximum Gasteiger partial charge on any atom is 0.315 e. The van der Waals surface area contributed by atoms with Crippen LogP contribution in [0.4, 0.5) is 4.79 Å². The molecular formula is C30H49N5O6S. The molecule has 0 aromatic heterocycles. The lowest BCUT2D eigenvalue weighted by Crippen LogP contribution is -2.56.